The van der Waals surface area contributed by atoms with Gasteiger partial charge in [0, 0.05) is 0 Å². The van der Waals surface area contributed by atoms with Crippen molar-refractivity contribution in [2.24, 2.45) is 0 Å². The molecule has 4 amide bonds. The van der Waals surface area contributed by atoms with Crippen molar-refractivity contribution in [3.8, 4) is 0 Å². The van der Waals surface area contributed by atoms with Crippen LogP contribution in [-0.4, -0.2) is 17.8 Å². The van der Waals surface area contributed by atoms with E-state index in [1.54, 1.807) is 0 Å². The molecule has 1 heterocycles. The first-order valence-electron chi connectivity index (χ1n) is 7.42. The molecule has 17 heavy (non-hydrogen) atoms. The molecular formula is C12H12N2O3. The standard InChI is InChI=1S/C12H12N2O3/c1-2-12(8-6-4-3-5-7-8)9(15)13-11(17)14-10(12)16/h3-7H,2H2,1H3,(H2,13,14,15,16,17)/i3D,4D,5D,6D,7D. The lowest BCUT2D eigenvalue weighted by Crippen LogP contribution is -2.64. The highest BCUT2D eigenvalue weighted by Crippen LogP contribution is 2.30. The normalized spacial score (nSPS) is 22.6. The van der Waals surface area contributed by atoms with Gasteiger partial charge < -0.3 is 0 Å². The Morgan fingerprint density at radius 2 is 1.65 bits per heavy atom. The van der Waals surface area contributed by atoms with Crippen molar-refractivity contribution in [3.05, 3.63) is 35.8 Å². The van der Waals surface area contributed by atoms with Crippen LogP contribution in [0.2, 0.25) is 0 Å². The third-order valence-corrected chi connectivity index (χ3v) is 2.69. The van der Waals surface area contributed by atoms with E-state index in [-0.39, 0.29) is 6.42 Å². The van der Waals surface area contributed by atoms with E-state index in [1.165, 1.54) is 6.92 Å². The second-order valence-corrected chi connectivity index (χ2v) is 3.50. The molecule has 2 rings (SSSR count). The zero-order valence-corrected chi connectivity index (χ0v) is 8.93. The highest BCUT2D eigenvalue weighted by atomic mass is 16.2. The summed E-state index contributed by atoms with van der Waals surface area (Å²) in [6.45, 7) is 1.45. The number of hydrogen-bond donors (Lipinski definition) is 2. The maximum absolute atomic E-state index is 12.3. The van der Waals surface area contributed by atoms with Crippen LogP contribution in [0.15, 0.2) is 30.2 Å². The predicted molar refractivity (Wildman–Crippen MR) is 60.1 cm³/mol. The number of amides is 4. The molecule has 1 aliphatic rings. The first-order valence-corrected chi connectivity index (χ1v) is 4.92. The average molecular weight is 237 g/mol. The number of barbiturate groups is 1. The van der Waals surface area contributed by atoms with Gasteiger partial charge >= 0.3 is 6.03 Å². The Morgan fingerprint density at radius 3 is 2.12 bits per heavy atom. The maximum atomic E-state index is 12.3. The summed E-state index contributed by atoms with van der Waals surface area (Å²) in [4.78, 5) is 35.7. The van der Waals surface area contributed by atoms with Crippen LogP contribution >= 0.6 is 0 Å². The Balaban J connectivity index is 2.85. The van der Waals surface area contributed by atoms with Crippen LogP contribution in [0.5, 0.6) is 0 Å². The zero-order chi connectivity index (χ0) is 16.8. The van der Waals surface area contributed by atoms with E-state index in [0.717, 1.165) is 0 Å². The van der Waals surface area contributed by atoms with Gasteiger partial charge in [-0.1, -0.05) is 37.1 Å². The van der Waals surface area contributed by atoms with Crippen molar-refractivity contribution in [2.45, 2.75) is 18.8 Å². The molecule has 1 saturated heterocycles. The summed E-state index contributed by atoms with van der Waals surface area (Å²) in [5, 5.41) is 3.82. The van der Waals surface area contributed by atoms with E-state index in [2.05, 4.69) is 0 Å². The van der Waals surface area contributed by atoms with E-state index in [9.17, 15) is 14.4 Å². The SMILES string of the molecule is [2H]c1c([2H])c([2H])c(C2(CC)C(=O)NC(=O)NC2=O)c([2H])c1[2H]. The van der Waals surface area contributed by atoms with E-state index < -0.39 is 59.0 Å². The molecule has 0 aromatic heterocycles. The van der Waals surface area contributed by atoms with Crippen LogP contribution < -0.4 is 10.6 Å². The molecule has 0 atom stereocenters. The molecule has 0 aliphatic carbocycles. The maximum Gasteiger partial charge on any atom is 0.328 e. The fourth-order valence-corrected chi connectivity index (χ4v) is 1.74. The topological polar surface area (TPSA) is 75.3 Å². The van der Waals surface area contributed by atoms with Gasteiger partial charge in [-0.2, -0.15) is 0 Å². The number of benzene rings is 1. The van der Waals surface area contributed by atoms with Crippen molar-refractivity contribution in [3.63, 3.8) is 0 Å². The lowest BCUT2D eigenvalue weighted by atomic mass is 9.75. The molecule has 2 N–H and O–H groups in total. The lowest BCUT2D eigenvalue weighted by Gasteiger charge is -2.33. The summed E-state index contributed by atoms with van der Waals surface area (Å²) in [7, 11) is 0. The molecule has 5 heteroatoms. The Bertz CT molecular complexity index is 670. The number of hydrogen-bond acceptors (Lipinski definition) is 3. The Morgan fingerprint density at radius 1 is 1.12 bits per heavy atom. The van der Waals surface area contributed by atoms with Crippen LogP contribution in [0, 0.1) is 0 Å². The van der Waals surface area contributed by atoms with Crippen molar-refractivity contribution in [2.75, 3.05) is 0 Å². The Kier molecular flexibility index (Phi) is 1.54. The first-order chi connectivity index (χ1) is 10.2. The molecule has 0 unspecified atom stereocenters. The van der Waals surface area contributed by atoms with Crippen molar-refractivity contribution in [1.82, 2.24) is 10.6 Å². The third-order valence-electron chi connectivity index (χ3n) is 2.69. The van der Waals surface area contributed by atoms with Gasteiger partial charge in [-0.25, -0.2) is 4.79 Å². The summed E-state index contributed by atoms with van der Waals surface area (Å²) in [6.07, 6.45) is -0.175. The number of carbonyl (C=O) groups is 3. The Labute approximate surface area is 105 Å². The van der Waals surface area contributed by atoms with E-state index >= 15 is 0 Å². The third kappa shape index (κ3) is 1.60. The highest BCUT2D eigenvalue weighted by Gasteiger charge is 2.50. The molecule has 1 aromatic carbocycles. The number of urea groups is 1. The molecule has 0 bridgehead atoms. The lowest BCUT2D eigenvalue weighted by molar-refractivity contribution is -0.138. The molecule has 0 saturated carbocycles. The second kappa shape index (κ2) is 4.01. The number of carbonyl (C=O) groups excluding carboxylic acids is 3. The van der Waals surface area contributed by atoms with E-state index in [0.29, 0.717) is 0 Å². The van der Waals surface area contributed by atoms with Gasteiger partial charge in [0.25, 0.3) is 0 Å². The van der Waals surface area contributed by atoms with Gasteiger partial charge in [0.1, 0.15) is 0 Å². The molecule has 0 radical (unpaired) electrons. The Hall–Kier alpha value is -2.17. The van der Waals surface area contributed by atoms with Crippen LogP contribution in [0.4, 0.5) is 4.79 Å². The number of imide groups is 2. The highest BCUT2D eigenvalue weighted by molar-refractivity contribution is 6.22. The van der Waals surface area contributed by atoms with Crippen LogP contribution in [-0.2, 0) is 15.0 Å². The van der Waals surface area contributed by atoms with Gasteiger partial charge in [-0.05, 0) is 12.0 Å². The summed E-state index contributed by atoms with van der Waals surface area (Å²) >= 11 is 0. The van der Waals surface area contributed by atoms with Crippen LogP contribution in [0.25, 0.3) is 0 Å². The first kappa shape index (κ1) is 6.54. The van der Waals surface area contributed by atoms with Crippen LogP contribution in [0.1, 0.15) is 25.8 Å². The van der Waals surface area contributed by atoms with Gasteiger partial charge in [0.2, 0.25) is 11.8 Å². The zero-order valence-electron chi connectivity index (χ0n) is 13.9. The summed E-state index contributed by atoms with van der Waals surface area (Å²) in [5.74, 6) is -2.02. The smallest absolute Gasteiger partial charge is 0.277 e. The predicted octanol–water partition coefficient (Wildman–Crippen LogP) is 0.700. The summed E-state index contributed by atoms with van der Waals surface area (Å²) in [6, 6.07) is -4.23. The molecule has 0 spiro atoms. The van der Waals surface area contributed by atoms with Crippen molar-refractivity contribution in [1.29, 1.82) is 0 Å². The van der Waals surface area contributed by atoms with Gasteiger partial charge in [0.05, 0.1) is 6.85 Å². The van der Waals surface area contributed by atoms with Crippen molar-refractivity contribution < 1.29 is 21.2 Å². The summed E-state index contributed by atoms with van der Waals surface area (Å²) < 4.78 is 38.7. The molecule has 1 aliphatic heterocycles. The monoisotopic (exact) mass is 237 g/mol. The van der Waals surface area contributed by atoms with Gasteiger partial charge in [-0.15, -0.1) is 0 Å². The summed E-state index contributed by atoms with van der Waals surface area (Å²) in [5.41, 5.74) is -2.50. The minimum absolute atomic E-state index is 0.175. The van der Waals surface area contributed by atoms with Crippen molar-refractivity contribution >= 4 is 17.8 Å². The van der Waals surface area contributed by atoms with E-state index in [1.807, 2.05) is 10.6 Å². The molecular weight excluding hydrogens is 220 g/mol. The second-order valence-electron chi connectivity index (χ2n) is 3.50. The molecule has 88 valence electrons. The fraction of sp³-hybridized carbons (Fsp3) is 0.250. The van der Waals surface area contributed by atoms with Gasteiger partial charge in [-0.3, -0.25) is 20.2 Å². The average Bonchev–Trinajstić information content (AvgIpc) is 2.46. The minimum Gasteiger partial charge on any atom is -0.277 e. The molecule has 1 fully saturated rings. The van der Waals surface area contributed by atoms with E-state index in [4.69, 9.17) is 6.85 Å². The quantitative estimate of drug-likeness (QED) is 0.743. The minimum atomic E-state index is -2.05. The number of rotatable bonds is 2. The van der Waals surface area contributed by atoms with Crippen LogP contribution in [0.3, 0.4) is 0 Å². The molecule has 1 aromatic rings. The number of nitrogens with one attached hydrogen (secondary N) is 2. The largest absolute Gasteiger partial charge is 0.328 e. The van der Waals surface area contributed by atoms with Gasteiger partial charge in [0.15, 0.2) is 5.41 Å². The fourth-order valence-electron chi connectivity index (χ4n) is 1.74. The molecule has 5 nitrogen and oxygen atoms in total.